The fourth-order valence-corrected chi connectivity index (χ4v) is 2.07. The quantitative estimate of drug-likeness (QED) is 0.774. The minimum Gasteiger partial charge on any atom is -0.481 e. The minimum atomic E-state index is -0.834. The van der Waals surface area contributed by atoms with E-state index in [0.717, 1.165) is 6.42 Å². The highest BCUT2D eigenvalue weighted by molar-refractivity contribution is 5.76. The molecule has 18 heavy (non-hydrogen) atoms. The molecule has 0 spiro atoms. The summed E-state index contributed by atoms with van der Waals surface area (Å²) in [5, 5.41) is 18.1. The van der Waals surface area contributed by atoms with Crippen LogP contribution in [0.15, 0.2) is 0 Å². The summed E-state index contributed by atoms with van der Waals surface area (Å²) in [6.07, 6.45) is 1.45. The van der Waals surface area contributed by atoms with Crippen LogP contribution in [0.2, 0.25) is 0 Å². The van der Waals surface area contributed by atoms with Gasteiger partial charge in [-0.15, -0.1) is 0 Å². The molecule has 1 rings (SSSR count). The van der Waals surface area contributed by atoms with Crippen molar-refractivity contribution in [3.05, 3.63) is 0 Å². The number of aliphatic hydroxyl groups is 1. The number of hydrogen-bond donors (Lipinski definition) is 2. The zero-order valence-corrected chi connectivity index (χ0v) is 11.0. The van der Waals surface area contributed by atoms with Gasteiger partial charge in [-0.1, -0.05) is 0 Å². The molecule has 0 aromatic carbocycles. The molecule has 2 amide bonds. The van der Waals surface area contributed by atoms with E-state index in [0.29, 0.717) is 25.9 Å². The van der Waals surface area contributed by atoms with E-state index in [1.54, 1.807) is 18.9 Å². The SMILES string of the molecule is CC(O)CCN(C)C(=O)N1CCC[C@@H](C(=O)O)C1. The third-order valence-electron chi connectivity index (χ3n) is 3.25. The lowest BCUT2D eigenvalue weighted by molar-refractivity contribution is -0.143. The summed E-state index contributed by atoms with van der Waals surface area (Å²) >= 11 is 0. The second-order valence-corrected chi connectivity index (χ2v) is 4.97. The predicted molar refractivity (Wildman–Crippen MR) is 66.3 cm³/mol. The molecule has 1 fully saturated rings. The highest BCUT2D eigenvalue weighted by Gasteiger charge is 2.29. The van der Waals surface area contributed by atoms with Crippen molar-refractivity contribution >= 4 is 12.0 Å². The highest BCUT2D eigenvalue weighted by Crippen LogP contribution is 2.17. The van der Waals surface area contributed by atoms with Crippen molar-refractivity contribution in [2.24, 2.45) is 5.92 Å². The van der Waals surface area contributed by atoms with E-state index >= 15 is 0 Å². The van der Waals surface area contributed by atoms with Crippen molar-refractivity contribution in [3.8, 4) is 0 Å². The molecule has 1 heterocycles. The van der Waals surface area contributed by atoms with Gasteiger partial charge in [0.05, 0.1) is 12.0 Å². The largest absolute Gasteiger partial charge is 0.481 e. The van der Waals surface area contributed by atoms with Crippen LogP contribution in [0.5, 0.6) is 0 Å². The Morgan fingerprint density at radius 3 is 2.72 bits per heavy atom. The number of carbonyl (C=O) groups excluding carboxylic acids is 1. The lowest BCUT2D eigenvalue weighted by Crippen LogP contribution is -2.48. The Balaban J connectivity index is 2.47. The number of nitrogens with zero attached hydrogens (tertiary/aromatic N) is 2. The monoisotopic (exact) mass is 258 g/mol. The van der Waals surface area contributed by atoms with E-state index in [2.05, 4.69) is 0 Å². The maximum Gasteiger partial charge on any atom is 0.319 e. The standard InChI is InChI=1S/C12H22N2O4/c1-9(15)5-7-13(2)12(18)14-6-3-4-10(8-14)11(16)17/h9-10,15H,3-8H2,1-2H3,(H,16,17)/t9?,10-/m1/s1. The molecule has 1 saturated heterocycles. The van der Waals surface area contributed by atoms with Crippen LogP contribution in [0.3, 0.4) is 0 Å². The number of carboxylic acids is 1. The topological polar surface area (TPSA) is 81.1 Å². The molecule has 1 unspecified atom stereocenters. The lowest BCUT2D eigenvalue weighted by atomic mass is 9.99. The highest BCUT2D eigenvalue weighted by atomic mass is 16.4. The molecular weight excluding hydrogens is 236 g/mol. The summed E-state index contributed by atoms with van der Waals surface area (Å²) in [4.78, 5) is 26.1. The second kappa shape index (κ2) is 6.58. The van der Waals surface area contributed by atoms with Crippen molar-refractivity contribution in [3.63, 3.8) is 0 Å². The third-order valence-corrected chi connectivity index (χ3v) is 3.25. The summed E-state index contributed by atoms with van der Waals surface area (Å²) in [5.74, 6) is -1.29. The predicted octanol–water partition coefficient (Wildman–Crippen LogP) is 0.606. The van der Waals surface area contributed by atoms with Crippen LogP contribution >= 0.6 is 0 Å². The Hall–Kier alpha value is -1.30. The summed E-state index contributed by atoms with van der Waals surface area (Å²) in [6, 6.07) is -0.151. The van der Waals surface area contributed by atoms with Crippen LogP contribution in [-0.4, -0.2) is 64.8 Å². The van der Waals surface area contributed by atoms with Gasteiger partial charge in [0, 0.05) is 26.7 Å². The lowest BCUT2D eigenvalue weighted by Gasteiger charge is -2.33. The van der Waals surface area contributed by atoms with E-state index in [1.807, 2.05) is 0 Å². The first-order valence-electron chi connectivity index (χ1n) is 6.32. The van der Waals surface area contributed by atoms with Gasteiger partial charge >= 0.3 is 12.0 Å². The smallest absolute Gasteiger partial charge is 0.319 e. The van der Waals surface area contributed by atoms with Crippen LogP contribution in [0.4, 0.5) is 4.79 Å². The number of amides is 2. The number of aliphatic carboxylic acids is 1. The van der Waals surface area contributed by atoms with Gasteiger partial charge < -0.3 is 20.0 Å². The molecule has 0 radical (unpaired) electrons. The number of likely N-dealkylation sites (tertiary alicyclic amines) is 1. The normalized spacial score (nSPS) is 21.5. The number of hydrogen-bond acceptors (Lipinski definition) is 3. The fraction of sp³-hybridized carbons (Fsp3) is 0.833. The molecule has 0 saturated carbocycles. The Labute approximate surface area is 107 Å². The van der Waals surface area contributed by atoms with E-state index in [-0.39, 0.29) is 12.6 Å². The molecule has 6 nitrogen and oxygen atoms in total. The molecule has 0 aromatic rings. The number of rotatable bonds is 4. The van der Waals surface area contributed by atoms with E-state index in [4.69, 9.17) is 5.11 Å². The van der Waals surface area contributed by atoms with Crippen molar-refractivity contribution in [1.82, 2.24) is 9.80 Å². The van der Waals surface area contributed by atoms with Crippen molar-refractivity contribution in [1.29, 1.82) is 0 Å². The van der Waals surface area contributed by atoms with Gasteiger partial charge in [0.25, 0.3) is 0 Å². The molecule has 0 aromatic heterocycles. The molecule has 2 atom stereocenters. The maximum absolute atomic E-state index is 12.1. The van der Waals surface area contributed by atoms with Crippen LogP contribution < -0.4 is 0 Å². The Bertz CT molecular complexity index is 306. The molecule has 1 aliphatic rings. The Morgan fingerprint density at radius 1 is 1.50 bits per heavy atom. The molecule has 2 N–H and O–H groups in total. The average molecular weight is 258 g/mol. The molecule has 6 heteroatoms. The first-order chi connectivity index (χ1) is 8.41. The first kappa shape index (κ1) is 14.8. The van der Waals surface area contributed by atoms with E-state index in [1.165, 1.54) is 4.90 Å². The van der Waals surface area contributed by atoms with Gasteiger partial charge in [0.2, 0.25) is 0 Å². The van der Waals surface area contributed by atoms with Crippen LogP contribution in [0.25, 0.3) is 0 Å². The summed E-state index contributed by atoms with van der Waals surface area (Å²) in [7, 11) is 1.68. The number of carbonyl (C=O) groups is 2. The van der Waals surface area contributed by atoms with E-state index < -0.39 is 18.0 Å². The maximum atomic E-state index is 12.1. The molecule has 0 bridgehead atoms. The Kier molecular flexibility index (Phi) is 5.40. The van der Waals surface area contributed by atoms with Crippen LogP contribution in [0, 0.1) is 5.92 Å². The zero-order chi connectivity index (χ0) is 13.7. The van der Waals surface area contributed by atoms with Gasteiger partial charge in [-0.05, 0) is 26.2 Å². The van der Waals surface area contributed by atoms with E-state index in [9.17, 15) is 14.7 Å². The van der Waals surface area contributed by atoms with Crippen molar-refractivity contribution < 1.29 is 19.8 Å². The zero-order valence-electron chi connectivity index (χ0n) is 11.0. The summed E-state index contributed by atoms with van der Waals surface area (Å²) in [6.45, 7) is 3.05. The number of aliphatic hydroxyl groups excluding tert-OH is 1. The van der Waals surface area contributed by atoms with Gasteiger partial charge in [-0.3, -0.25) is 4.79 Å². The third kappa shape index (κ3) is 4.18. The molecule has 0 aliphatic carbocycles. The molecule has 1 aliphatic heterocycles. The van der Waals surface area contributed by atoms with Crippen LogP contribution in [0.1, 0.15) is 26.2 Å². The van der Waals surface area contributed by atoms with Crippen molar-refractivity contribution in [2.45, 2.75) is 32.3 Å². The van der Waals surface area contributed by atoms with Crippen molar-refractivity contribution in [2.75, 3.05) is 26.7 Å². The summed E-state index contributed by atoms with van der Waals surface area (Å²) < 4.78 is 0. The van der Waals surface area contributed by atoms with Gasteiger partial charge in [-0.25, -0.2) is 4.79 Å². The van der Waals surface area contributed by atoms with Gasteiger partial charge in [-0.2, -0.15) is 0 Å². The molecular formula is C12H22N2O4. The fourth-order valence-electron chi connectivity index (χ4n) is 2.07. The minimum absolute atomic E-state index is 0.151. The average Bonchev–Trinajstić information content (AvgIpc) is 2.35. The molecule has 104 valence electrons. The van der Waals surface area contributed by atoms with Gasteiger partial charge in [0.15, 0.2) is 0 Å². The second-order valence-electron chi connectivity index (χ2n) is 4.97. The summed E-state index contributed by atoms with van der Waals surface area (Å²) in [5.41, 5.74) is 0. The van der Waals surface area contributed by atoms with Crippen LogP contribution in [-0.2, 0) is 4.79 Å². The van der Waals surface area contributed by atoms with Gasteiger partial charge in [0.1, 0.15) is 0 Å². The number of piperidine rings is 1. The first-order valence-corrected chi connectivity index (χ1v) is 6.32. The number of carboxylic acid groups (broad SMARTS) is 1. The Morgan fingerprint density at radius 2 is 2.17 bits per heavy atom. The number of urea groups is 1.